The lowest BCUT2D eigenvalue weighted by molar-refractivity contribution is 0.103. The number of carbonyl (C=O) groups excluding carboxylic acids is 1. The standard InChI is InChI=1S/C19H14O.C4H8O/c20-19(17-9-5-2-6-10-17)18-13-11-16(12-14-18)15-7-3-1-4-8-15;1-2-4-5-3-1/h1-14H;1-4H2. The highest BCUT2D eigenvalue weighted by molar-refractivity contribution is 6.09. The fraction of sp³-hybridized carbons (Fsp3) is 0.174. The number of hydrogen-bond acceptors (Lipinski definition) is 2. The van der Waals surface area contributed by atoms with Gasteiger partial charge in [-0.25, -0.2) is 0 Å². The summed E-state index contributed by atoms with van der Waals surface area (Å²) in [6.45, 7) is 2.00. The minimum absolute atomic E-state index is 0.0604. The minimum atomic E-state index is 0.0604. The van der Waals surface area contributed by atoms with Crippen molar-refractivity contribution in [1.82, 2.24) is 0 Å². The lowest BCUT2D eigenvalue weighted by Crippen LogP contribution is -2.00. The van der Waals surface area contributed by atoms with Gasteiger partial charge in [0.2, 0.25) is 0 Å². The van der Waals surface area contributed by atoms with Gasteiger partial charge in [-0.05, 0) is 24.0 Å². The quantitative estimate of drug-likeness (QED) is 0.603. The Balaban J connectivity index is 0.000000314. The smallest absolute Gasteiger partial charge is 0.193 e. The number of hydrogen-bond donors (Lipinski definition) is 0. The van der Waals surface area contributed by atoms with E-state index in [0.29, 0.717) is 0 Å². The summed E-state index contributed by atoms with van der Waals surface area (Å²) in [5, 5.41) is 0. The molecule has 0 bridgehead atoms. The lowest BCUT2D eigenvalue weighted by Gasteiger charge is -2.04. The summed E-state index contributed by atoms with van der Waals surface area (Å²) in [5.74, 6) is 0.0604. The van der Waals surface area contributed by atoms with Gasteiger partial charge >= 0.3 is 0 Å². The van der Waals surface area contributed by atoms with Gasteiger partial charge in [0.15, 0.2) is 5.78 Å². The third kappa shape index (κ3) is 4.88. The third-order valence-electron chi connectivity index (χ3n) is 4.12. The minimum Gasteiger partial charge on any atom is -0.381 e. The van der Waals surface area contributed by atoms with E-state index in [1.165, 1.54) is 12.8 Å². The first-order chi connectivity index (χ1) is 12.3. The highest BCUT2D eigenvalue weighted by Gasteiger charge is 2.08. The van der Waals surface area contributed by atoms with E-state index in [2.05, 4.69) is 12.1 Å². The Morgan fingerprint density at radius 1 is 0.600 bits per heavy atom. The number of benzene rings is 3. The lowest BCUT2D eigenvalue weighted by atomic mass is 9.99. The van der Waals surface area contributed by atoms with E-state index in [1.54, 1.807) is 0 Å². The van der Waals surface area contributed by atoms with E-state index in [-0.39, 0.29) is 5.78 Å². The van der Waals surface area contributed by atoms with Crippen molar-refractivity contribution < 1.29 is 9.53 Å². The summed E-state index contributed by atoms with van der Waals surface area (Å²) in [6, 6.07) is 27.3. The van der Waals surface area contributed by atoms with E-state index in [9.17, 15) is 4.79 Å². The molecule has 25 heavy (non-hydrogen) atoms. The van der Waals surface area contributed by atoms with Gasteiger partial charge in [-0.15, -0.1) is 0 Å². The van der Waals surface area contributed by atoms with Crippen LogP contribution < -0.4 is 0 Å². The average molecular weight is 330 g/mol. The molecule has 0 aliphatic carbocycles. The van der Waals surface area contributed by atoms with Crippen LogP contribution in [0.2, 0.25) is 0 Å². The third-order valence-corrected chi connectivity index (χ3v) is 4.12. The largest absolute Gasteiger partial charge is 0.381 e. The number of rotatable bonds is 3. The molecule has 1 heterocycles. The molecule has 4 rings (SSSR count). The van der Waals surface area contributed by atoms with Crippen LogP contribution in [0, 0.1) is 0 Å². The molecule has 0 radical (unpaired) electrons. The first-order valence-electron chi connectivity index (χ1n) is 8.67. The summed E-state index contributed by atoms with van der Waals surface area (Å²) in [5.41, 5.74) is 3.72. The van der Waals surface area contributed by atoms with Crippen molar-refractivity contribution in [2.75, 3.05) is 13.2 Å². The molecule has 1 aliphatic rings. The van der Waals surface area contributed by atoms with Crippen LogP contribution in [0.25, 0.3) is 11.1 Å². The SMILES string of the molecule is C1CCOC1.O=C(c1ccccc1)c1ccc(-c2ccccc2)cc1. The van der Waals surface area contributed by atoms with Crippen molar-refractivity contribution in [2.24, 2.45) is 0 Å². The summed E-state index contributed by atoms with van der Waals surface area (Å²) in [4.78, 5) is 12.3. The average Bonchev–Trinajstić information content (AvgIpc) is 3.29. The maximum Gasteiger partial charge on any atom is 0.193 e. The highest BCUT2D eigenvalue weighted by Crippen LogP contribution is 2.20. The topological polar surface area (TPSA) is 26.3 Å². The van der Waals surface area contributed by atoms with Crippen LogP contribution in [0.1, 0.15) is 28.8 Å². The van der Waals surface area contributed by atoms with E-state index in [0.717, 1.165) is 35.5 Å². The molecular formula is C23H22O2. The summed E-state index contributed by atoms with van der Waals surface area (Å²) in [6.07, 6.45) is 2.56. The van der Waals surface area contributed by atoms with Gasteiger partial charge in [-0.3, -0.25) is 4.79 Å². The first kappa shape index (κ1) is 17.1. The molecule has 3 aromatic carbocycles. The van der Waals surface area contributed by atoms with Crippen LogP contribution in [-0.2, 0) is 4.74 Å². The molecule has 2 nitrogen and oxygen atoms in total. The van der Waals surface area contributed by atoms with E-state index in [4.69, 9.17) is 4.74 Å². The molecule has 3 aromatic rings. The van der Waals surface area contributed by atoms with Crippen LogP contribution in [0.15, 0.2) is 84.9 Å². The Morgan fingerprint density at radius 3 is 1.60 bits per heavy atom. The van der Waals surface area contributed by atoms with Gasteiger partial charge in [-0.1, -0.05) is 84.9 Å². The molecule has 1 saturated heterocycles. The maximum absolute atomic E-state index is 12.3. The fourth-order valence-electron chi connectivity index (χ4n) is 2.71. The molecule has 0 aromatic heterocycles. The number of ketones is 1. The van der Waals surface area contributed by atoms with Crippen LogP contribution in [0.5, 0.6) is 0 Å². The van der Waals surface area contributed by atoms with Crippen molar-refractivity contribution >= 4 is 5.78 Å². The molecular weight excluding hydrogens is 308 g/mol. The van der Waals surface area contributed by atoms with Gasteiger partial charge < -0.3 is 4.74 Å². The highest BCUT2D eigenvalue weighted by atomic mass is 16.5. The Labute approximate surface area is 149 Å². The van der Waals surface area contributed by atoms with Crippen molar-refractivity contribution in [3.05, 3.63) is 96.1 Å². The molecule has 126 valence electrons. The zero-order chi connectivity index (χ0) is 17.3. The normalized spacial score (nSPS) is 13.0. The predicted octanol–water partition coefficient (Wildman–Crippen LogP) is 5.38. The van der Waals surface area contributed by atoms with Gasteiger partial charge in [0.1, 0.15) is 0 Å². The summed E-state index contributed by atoms with van der Waals surface area (Å²) >= 11 is 0. The molecule has 1 aliphatic heterocycles. The summed E-state index contributed by atoms with van der Waals surface area (Å²) < 4.78 is 4.94. The van der Waals surface area contributed by atoms with Gasteiger partial charge in [0.25, 0.3) is 0 Å². The Morgan fingerprint density at radius 2 is 1.08 bits per heavy atom. The van der Waals surface area contributed by atoms with Crippen molar-refractivity contribution in [3.63, 3.8) is 0 Å². The van der Waals surface area contributed by atoms with Gasteiger partial charge in [0.05, 0.1) is 0 Å². The molecule has 0 spiro atoms. The summed E-state index contributed by atoms with van der Waals surface area (Å²) in [7, 11) is 0. The number of carbonyl (C=O) groups is 1. The second-order valence-corrected chi connectivity index (χ2v) is 5.96. The molecule has 2 heteroatoms. The van der Waals surface area contributed by atoms with Gasteiger partial charge in [0, 0.05) is 24.3 Å². The molecule has 1 fully saturated rings. The van der Waals surface area contributed by atoms with E-state index in [1.807, 2.05) is 72.8 Å². The zero-order valence-corrected chi connectivity index (χ0v) is 14.2. The van der Waals surface area contributed by atoms with Crippen molar-refractivity contribution in [1.29, 1.82) is 0 Å². The Bertz CT molecular complexity index is 766. The van der Waals surface area contributed by atoms with E-state index < -0.39 is 0 Å². The van der Waals surface area contributed by atoms with Crippen LogP contribution in [0.4, 0.5) is 0 Å². The zero-order valence-electron chi connectivity index (χ0n) is 14.2. The predicted molar refractivity (Wildman–Crippen MR) is 102 cm³/mol. The van der Waals surface area contributed by atoms with E-state index >= 15 is 0 Å². The molecule has 0 amide bonds. The van der Waals surface area contributed by atoms with Gasteiger partial charge in [-0.2, -0.15) is 0 Å². The second kappa shape index (κ2) is 8.95. The molecule has 0 N–H and O–H groups in total. The van der Waals surface area contributed by atoms with Crippen molar-refractivity contribution in [2.45, 2.75) is 12.8 Å². The van der Waals surface area contributed by atoms with Crippen molar-refractivity contribution in [3.8, 4) is 11.1 Å². The monoisotopic (exact) mass is 330 g/mol. The Kier molecular flexibility index (Phi) is 6.13. The van der Waals surface area contributed by atoms with Crippen LogP contribution in [0.3, 0.4) is 0 Å². The molecule has 0 unspecified atom stereocenters. The maximum atomic E-state index is 12.3. The molecule has 0 atom stereocenters. The second-order valence-electron chi connectivity index (χ2n) is 5.96. The number of ether oxygens (including phenoxy) is 1. The Hall–Kier alpha value is -2.71. The molecule has 0 saturated carbocycles. The van der Waals surface area contributed by atoms with Crippen LogP contribution >= 0.6 is 0 Å². The van der Waals surface area contributed by atoms with Crippen LogP contribution in [-0.4, -0.2) is 19.0 Å². The first-order valence-corrected chi connectivity index (χ1v) is 8.67. The fourth-order valence-corrected chi connectivity index (χ4v) is 2.71.